The molecule has 4 saturated carbocycles. The number of furan rings is 2. The van der Waals surface area contributed by atoms with E-state index < -0.39 is 5.41 Å². The lowest BCUT2D eigenvalue weighted by Crippen LogP contribution is -2.48. The van der Waals surface area contributed by atoms with Gasteiger partial charge >= 0.3 is 0 Å². The fraction of sp³-hybridized carbons (Fsp3) is 0.177. The zero-order valence-electron chi connectivity index (χ0n) is 36.8. The van der Waals surface area contributed by atoms with E-state index in [1.165, 1.54) is 88.6 Å². The molecule has 318 valence electrons. The lowest BCUT2D eigenvalue weighted by molar-refractivity contribution is -0.00511. The van der Waals surface area contributed by atoms with E-state index in [9.17, 15) is 0 Å². The Morgan fingerprint density at radius 3 is 1.48 bits per heavy atom. The molecule has 0 unspecified atom stereocenters. The molecule has 3 heterocycles. The Hall–Kier alpha value is -7.63. The highest BCUT2D eigenvalue weighted by molar-refractivity contribution is 6.11. The van der Waals surface area contributed by atoms with Crippen LogP contribution in [0.3, 0.4) is 0 Å². The van der Waals surface area contributed by atoms with Crippen molar-refractivity contribution < 1.29 is 8.83 Å². The number of hydrogen-bond donors (Lipinski definition) is 0. The van der Waals surface area contributed by atoms with E-state index in [0.717, 1.165) is 78.3 Å². The van der Waals surface area contributed by atoms with Gasteiger partial charge in [0.1, 0.15) is 22.3 Å². The van der Waals surface area contributed by atoms with Crippen molar-refractivity contribution in [2.24, 2.45) is 17.8 Å². The van der Waals surface area contributed by atoms with Crippen LogP contribution >= 0.6 is 0 Å². The van der Waals surface area contributed by atoms with Gasteiger partial charge in [-0.2, -0.15) is 0 Å². The Bertz CT molecular complexity index is 3850. The summed E-state index contributed by atoms with van der Waals surface area (Å²) in [6, 6.07) is 61.8. The van der Waals surface area contributed by atoms with Crippen LogP contribution in [0.5, 0.6) is 0 Å². The molecule has 4 fully saturated rings. The molecule has 67 heavy (non-hydrogen) atoms. The zero-order valence-corrected chi connectivity index (χ0v) is 36.8. The minimum atomic E-state index is -0.500. The number of nitrogens with zero attached hydrogens (tertiary/aromatic N) is 3. The van der Waals surface area contributed by atoms with Gasteiger partial charge in [-0.1, -0.05) is 133 Å². The molecule has 0 aliphatic heterocycles. The zero-order chi connectivity index (χ0) is 43.6. The lowest BCUT2D eigenvalue weighted by atomic mass is 9.48. The van der Waals surface area contributed by atoms with Gasteiger partial charge in [-0.05, 0) is 148 Å². The maximum Gasteiger partial charge on any atom is 0.167 e. The molecule has 4 bridgehead atoms. The van der Waals surface area contributed by atoms with Crippen LogP contribution in [0.1, 0.15) is 66.3 Å². The minimum absolute atomic E-state index is 0.145. The monoisotopic (exact) mass is 861 g/mol. The van der Waals surface area contributed by atoms with Gasteiger partial charge in [-0.15, -0.1) is 0 Å². The number of para-hydroxylation sites is 3. The highest BCUT2D eigenvalue weighted by Crippen LogP contribution is 2.64. The molecular formula is C62H43N3O2. The molecule has 17 rings (SSSR count). The Morgan fingerprint density at radius 2 is 0.851 bits per heavy atom. The Morgan fingerprint density at radius 1 is 0.373 bits per heavy atom. The second-order valence-electron chi connectivity index (χ2n) is 20.4. The average Bonchev–Trinajstić information content (AvgIpc) is 4.11. The Kier molecular flexibility index (Phi) is 7.12. The number of benzene rings is 8. The predicted molar refractivity (Wildman–Crippen MR) is 267 cm³/mol. The van der Waals surface area contributed by atoms with Gasteiger partial charge in [0.15, 0.2) is 17.5 Å². The molecule has 8 aromatic carbocycles. The number of hydrogen-bond acceptors (Lipinski definition) is 5. The SMILES string of the molecule is c1ccc2c(c1)-c1ccccc1C21c2ccccc2-c2ccc(-c3nc(-c4cccc5c4oc4ccccc45)nc(-c4cc(C56CC7CC(CC(C7)C5)C6)cc5c4oc4ccccc45)n3)cc21. The molecule has 5 nitrogen and oxygen atoms in total. The van der Waals surface area contributed by atoms with Gasteiger partial charge in [0.25, 0.3) is 0 Å². The molecule has 0 N–H and O–H groups in total. The molecule has 3 aromatic heterocycles. The predicted octanol–water partition coefficient (Wildman–Crippen LogP) is 15.5. The third-order valence-corrected chi connectivity index (χ3v) is 16.9. The largest absolute Gasteiger partial charge is 0.455 e. The van der Waals surface area contributed by atoms with E-state index in [4.69, 9.17) is 23.8 Å². The second-order valence-corrected chi connectivity index (χ2v) is 20.4. The maximum atomic E-state index is 6.92. The summed E-state index contributed by atoms with van der Waals surface area (Å²) in [6.45, 7) is 0. The normalized spacial score (nSPS) is 21.4. The van der Waals surface area contributed by atoms with Crippen LogP contribution in [-0.4, -0.2) is 15.0 Å². The van der Waals surface area contributed by atoms with E-state index in [1.807, 2.05) is 12.1 Å². The van der Waals surface area contributed by atoms with Crippen molar-refractivity contribution in [3.05, 3.63) is 198 Å². The van der Waals surface area contributed by atoms with E-state index in [2.05, 4.69) is 158 Å². The van der Waals surface area contributed by atoms with E-state index in [-0.39, 0.29) is 5.41 Å². The van der Waals surface area contributed by atoms with Crippen LogP contribution < -0.4 is 0 Å². The molecule has 0 atom stereocenters. The first kappa shape index (κ1) is 36.6. The second kappa shape index (κ2) is 13.0. The molecule has 0 saturated heterocycles. The van der Waals surface area contributed by atoms with Gasteiger partial charge in [-0.25, -0.2) is 15.0 Å². The average molecular weight is 862 g/mol. The first-order valence-electron chi connectivity index (χ1n) is 24.2. The summed E-state index contributed by atoms with van der Waals surface area (Å²) in [5.74, 6) is 4.21. The highest BCUT2D eigenvalue weighted by atomic mass is 16.3. The van der Waals surface area contributed by atoms with Crippen LogP contribution in [0.2, 0.25) is 0 Å². The van der Waals surface area contributed by atoms with Gasteiger partial charge in [-0.3, -0.25) is 0 Å². The van der Waals surface area contributed by atoms with Crippen LogP contribution in [-0.2, 0) is 10.8 Å². The molecule has 11 aromatic rings. The minimum Gasteiger partial charge on any atom is -0.455 e. The quantitative estimate of drug-likeness (QED) is 0.176. The molecule has 0 amide bonds. The molecule has 6 aliphatic carbocycles. The summed E-state index contributed by atoms with van der Waals surface area (Å²) in [5, 5.41) is 4.38. The van der Waals surface area contributed by atoms with Gasteiger partial charge in [0.2, 0.25) is 0 Å². The lowest BCUT2D eigenvalue weighted by Gasteiger charge is -2.57. The van der Waals surface area contributed by atoms with Crippen molar-refractivity contribution in [1.29, 1.82) is 0 Å². The standard InChI is InChI=1S/C62H43N3O2/c1-6-19-50-40(12-1)41-13-2-7-20-51(41)62(50)52-21-8-3-14-42(52)43-25-24-38(29-53(43)62)58-63-59(47-18-11-17-46-44-15-4-9-22-54(44)66-56(46)47)65-60(64-58)49-31-39(30-48-45-16-5-10-23-55(45)67-57(48)49)61-32-35-26-36(33-61)28-37(27-35)34-61/h1-25,29-31,35-37H,26-28,32-34H2. The number of aromatic nitrogens is 3. The van der Waals surface area contributed by atoms with Crippen molar-refractivity contribution in [3.8, 4) is 56.4 Å². The molecular weight excluding hydrogens is 819 g/mol. The van der Waals surface area contributed by atoms with Crippen molar-refractivity contribution in [3.63, 3.8) is 0 Å². The summed E-state index contributed by atoms with van der Waals surface area (Å²) < 4.78 is 13.6. The summed E-state index contributed by atoms with van der Waals surface area (Å²) >= 11 is 0. The van der Waals surface area contributed by atoms with Gasteiger partial charge in [0.05, 0.1) is 16.5 Å². The summed E-state index contributed by atoms with van der Waals surface area (Å²) in [6.07, 6.45) is 7.94. The first-order chi connectivity index (χ1) is 33.1. The first-order valence-corrected chi connectivity index (χ1v) is 24.2. The van der Waals surface area contributed by atoms with E-state index in [1.54, 1.807) is 0 Å². The highest BCUT2D eigenvalue weighted by Gasteiger charge is 2.53. The van der Waals surface area contributed by atoms with Crippen LogP contribution in [0.25, 0.3) is 100 Å². The summed E-state index contributed by atoms with van der Waals surface area (Å²) in [5.41, 5.74) is 17.3. The van der Waals surface area contributed by atoms with E-state index >= 15 is 0 Å². The molecule has 1 spiro atoms. The smallest absolute Gasteiger partial charge is 0.167 e. The van der Waals surface area contributed by atoms with Gasteiger partial charge in [0, 0.05) is 27.1 Å². The number of fused-ring (bicyclic) bond motifs is 16. The summed E-state index contributed by atoms with van der Waals surface area (Å²) in [4.78, 5) is 16.6. The van der Waals surface area contributed by atoms with Crippen LogP contribution in [0.15, 0.2) is 179 Å². The fourth-order valence-electron chi connectivity index (χ4n) is 14.7. The van der Waals surface area contributed by atoms with Gasteiger partial charge < -0.3 is 8.83 Å². The number of rotatable bonds is 4. The van der Waals surface area contributed by atoms with Crippen LogP contribution in [0, 0.1) is 17.8 Å². The van der Waals surface area contributed by atoms with E-state index in [0.29, 0.717) is 17.5 Å². The topological polar surface area (TPSA) is 65.0 Å². The fourth-order valence-corrected chi connectivity index (χ4v) is 14.7. The molecule has 6 aliphatic rings. The van der Waals surface area contributed by atoms with Crippen LogP contribution in [0.4, 0.5) is 0 Å². The van der Waals surface area contributed by atoms with Crippen molar-refractivity contribution in [1.82, 2.24) is 15.0 Å². The molecule has 0 radical (unpaired) electrons. The Balaban J connectivity index is 0.974. The van der Waals surface area contributed by atoms with Crippen molar-refractivity contribution in [2.45, 2.75) is 49.4 Å². The Labute approximate surface area is 387 Å². The van der Waals surface area contributed by atoms with Crippen molar-refractivity contribution >= 4 is 43.9 Å². The van der Waals surface area contributed by atoms with Crippen molar-refractivity contribution in [2.75, 3.05) is 0 Å². The summed E-state index contributed by atoms with van der Waals surface area (Å²) in [7, 11) is 0. The molecule has 5 heteroatoms. The third-order valence-electron chi connectivity index (χ3n) is 16.9. The third kappa shape index (κ3) is 4.86. The maximum absolute atomic E-state index is 6.92.